The SMILES string of the molecule is CC(C)(O)C1CCC(C2C(O)CC3(C)C4=CCC5C(C)(C)C(O)CCC5(C)C4CCC23C)C1O. The third-order valence-corrected chi connectivity index (χ3v) is 12.9. The number of fused-ring (bicyclic) bond motifs is 5. The van der Waals surface area contributed by atoms with Crippen LogP contribution in [0.5, 0.6) is 0 Å². The van der Waals surface area contributed by atoms with Gasteiger partial charge >= 0.3 is 0 Å². The predicted molar refractivity (Wildman–Crippen MR) is 135 cm³/mol. The average molecular weight is 475 g/mol. The number of hydrogen-bond acceptors (Lipinski definition) is 4. The molecule has 11 unspecified atom stereocenters. The zero-order valence-corrected chi connectivity index (χ0v) is 22.6. The van der Waals surface area contributed by atoms with Crippen LogP contribution in [-0.4, -0.2) is 44.3 Å². The highest BCUT2D eigenvalue weighted by Gasteiger charge is 2.68. The number of rotatable bonds is 2. The molecule has 0 heterocycles. The van der Waals surface area contributed by atoms with Crippen molar-refractivity contribution < 1.29 is 20.4 Å². The average Bonchev–Trinajstić information content (AvgIpc) is 3.19. The Morgan fingerprint density at radius 2 is 1.59 bits per heavy atom. The van der Waals surface area contributed by atoms with E-state index in [0.29, 0.717) is 11.8 Å². The van der Waals surface area contributed by atoms with Crippen molar-refractivity contribution in [1.82, 2.24) is 0 Å². The molecule has 5 aliphatic rings. The fourth-order valence-electron chi connectivity index (χ4n) is 10.7. The Morgan fingerprint density at radius 1 is 0.912 bits per heavy atom. The Morgan fingerprint density at radius 3 is 2.21 bits per heavy atom. The first-order valence-electron chi connectivity index (χ1n) is 14.1. The minimum Gasteiger partial charge on any atom is -0.393 e. The molecule has 0 aromatic heterocycles. The molecule has 4 saturated carbocycles. The van der Waals surface area contributed by atoms with Crippen LogP contribution in [0, 0.1) is 51.2 Å². The molecule has 0 bridgehead atoms. The second-order valence-corrected chi connectivity index (χ2v) is 15.0. The van der Waals surface area contributed by atoms with Crippen molar-refractivity contribution >= 4 is 0 Å². The van der Waals surface area contributed by atoms with Gasteiger partial charge in [0.2, 0.25) is 0 Å². The van der Waals surface area contributed by atoms with E-state index in [1.165, 1.54) is 0 Å². The summed E-state index contributed by atoms with van der Waals surface area (Å²) in [4.78, 5) is 0. The molecule has 0 saturated heterocycles. The molecule has 4 heteroatoms. The van der Waals surface area contributed by atoms with Crippen molar-refractivity contribution in [2.75, 3.05) is 0 Å². The van der Waals surface area contributed by atoms with Gasteiger partial charge in [-0.05, 0) is 111 Å². The van der Waals surface area contributed by atoms with Crippen LogP contribution < -0.4 is 0 Å². The Bertz CT molecular complexity index is 856. The summed E-state index contributed by atoms with van der Waals surface area (Å²) in [6.45, 7) is 15.5. The number of aliphatic hydroxyl groups excluding tert-OH is 3. The van der Waals surface area contributed by atoms with Crippen LogP contribution in [0.4, 0.5) is 0 Å². The lowest BCUT2D eigenvalue weighted by Gasteiger charge is -2.64. The van der Waals surface area contributed by atoms with Crippen molar-refractivity contribution in [2.45, 2.75) is 124 Å². The molecule has 0 amide bonds. The molecular formula is C30H50O4. The molecule has 5 rings (SSSR count). The van der Waals surface area contributed by atoms with Crippen LogP contribution in [0.2, 0.25) is 0 Å². The van der Waals surface area contributed by atoms with Crippen LogP contribution >= 0.6 is 0 Å². The van der Waals surface area contributed by atoms with Gasteiger partial charge in [-0.1, -0.05) is 46.3 Å². The van der Waals surface area contributed by atoms with Gasteiger partial charge in [0.25, 0.3) is 0 Å². The number of allylic oxidation sites excluding steroid dienone is 2. The molecule has 0 aromatic carbocycles. The zero-order valence-electron chi connectivity index (χ0n) is 22.6. The van der Waals surface area contributed by atoms with E-state index in [9.17, 15) is 20.4 Å². The van der Waals surface area contributed by atoms with Gasteiger partial charge in [0, 0.05) is 5.92 Å². The largest absolute Gasteiger partial charge is 0.393 e. The summed E-state index contributed by atoms with van der Waals surface area (Å²) in [5.41, 5.74) is 0.670. The maximum atomic E-state index is 11.6. The summed E-state index contributed by atoms with van der Waals surface area (Å²) in [7, 11) is 0. The molecule has 4 nitrogen and oxygen atoms in total. The minimum absolute atomic E-state index is 0.0473. The maximum Gasteiger partial charge on any atom is 0.0644 e. The first kappa shape index (κ1) is 25.2. The molecule has 0 spiro atoms. The quantitative estimate of drug-likeness (QED) is 0.421. The highest BCUT2D eigenvalue weighted by atomic mass is 16.3. The Labute approximate surface area is 207 Å². The van der Waals surface area contributed by atoms with Crippen LogP contribution in [0.3, 0.4) is 0 Å². The van der Waals surface area contributed by atoms with E-state index in [4.69, 9.17) is 0 Å². The van der Waals surface area contributed by atoms with Gasteiger partial charge < -0.3 is 20.4 Å². The van der Waals surface area contributed by atoms with Crippen molar-refractivity contribution in [3.63, 3.8) is 0 Å². The van der Waals surface area contributed by atoms with E-state index >= 15 is 0 Å². The summed E-state index contributed by atoms with van der Waals surface area (Å²) in [5, 5.41) is 44.4. The van der Waals surface area contributed by atoms with E-state index in [1.54, 1.807) is 5.57 Å². The number of aliphatic hydroxyl groups is 4. The fourth-order valence-corrected chi connectivity index (χ4v) is 10.7. The lowest BCUT2D eigenvalue weighted by atomic mass is 9.41. The van der Waals surface area contributed by atoms with E-state index in [2.05, 4.69) is 40.7 Å². The van der Waals surface area contributed by atoms with Gasteiger partial charge in [-0.3, -0.25) is 0 Å². The van der Waals surface area contributed by atoms with Crippen molar-refractivity contribution in [1.29, 1.82) is 0 Å². The molecule has 11 atom stereocenters. The van der Waals surface area contributed by atoms with E-state index in [-0.39, 0.29) is 45.5 Å². The highest BCUT2D eigenvalue weighted by molar-refractivity contribution is 5.34. The van der Waals surface area contributed by atoms with Crippen LogP contribution in [-0.2, 0) is 0 Å². The van der Waals surface area contributed by atoms with Crippen LogP contribution in [0.15, 0.2) is 11.6 Å². The first-order chi connectivity index (χ1) is 15.6. The zero-order chi connectivity index (χ0) is 25.1. The summed E-state index contributed by atoms with van der Waals surface area (Å²) in [6, 6.07) is 0. The Balaban J connectivity index is 1.50. The van der Waals surface area contributed by atoms with Crippen LogP contribution in [0.25, 0.3) is 0 Å². The third kappa shape index (κ3) is 3.10. The monoisotopic (exact) mass is 474 g/mol. The van der Waals surface area contributed by atoms with Gasteiger partial charge in [0.1, 0.15) is 0 Å². The van der Waals surface area contributed by atoms with Crippen molar-refractivity contribution in [3.05, 3.63) is 11.6 Å². The van der Waals surface area contributed by atoms with Gasteiger partial charge in [-0.15, -0.1) is 0 Å². The molecule has 0 aliphatic heterocycles. The fraction of sp³-hybridized carbons (Fsp3) is 0.933. The van der Waals surface area contributed by atoms with E-state index < -0.39 is 17.8 Å². The summed E-state index contributed by atoms with van der Waals surface area (Å²) in [6.07, 6.45) is 9.02. The summed E-state index contributed by atoms with van der Waals surface area (Å²) in [5.74, 6) is 0.986. The second kappa shape index (κ2) is 7.55. The Kier molecular flexibility index (Phi) is 5.61. The summed E-state index contributed by atoms with van der Waals surface area (Å²) >= 11 is 0. The highest BCUT2D eigenvalue weighted by Crippen LogP contribution is 2.74. The van der Waals surface area contributed by atoms with Crippen molar-refractivity contribution in [2.24, 2.45) is 51.2 Å². The molecule has 4 N–H and O–H groups in total. The number of hydrogen-bond donors (Lipinski definition) is 4. The summed E-state index contributed by atoms with van der Waals surface area (Å²) < 4.78 is 0. The third-order valence-electron chi connectivity index (χ3n) is 12.9. The maximum absolute atomic E-state index is 11.6. The predicted octanol–water partition coefficient (Wildman–Crippen LogP) is 5.08. The lowest BCUT2D eigenvalue weighted by Crippen LogP contribution is -2.58. The topological polar surface area (TPSA) is 80.9 Å². The molecule has 34 heavy (non-hydrogen) atoms. The van der Waals surface area contributed by atoms with Gasteiger partial charge in [0.15, 0.2) is 0 Å². The lowest BCUT2D eigenvalue weighted by molar-refractivity contribution is -0.134. The molecule has 0 aromatic rings. The van der Waals surface area contributed by atoms with Crippen LogP contribution in [0.1, 0.15) is 99.8 Å². The molecule has 0 radical (unpaired) electrons. The second-order valence-electron chi connectivity index (χ2n) is 15.0. The minimum atomic E-state index is -0.895. The Hall–Kier alpha value is -0.420. The van der Waals surface area contributed by atoms with E-state index in [1.807, 2.05) is 13.8 Å². The first-order valence-corrected chi connectivity index (χ1v) is 14.1. The van der Waals surface area contributed by atoms with Gasteiger partial charge in [-0.25, -0.2) is 0 Å². The standard InChI is InChI=1S/C30H50O4/c1-26(2)22-11-10-19-18(28(22,5)14-13-23(26)32)12-15-29(6)24(21(31)16-30(19,29)7)17-8-9-20(25(17)33)27(3,4)34/h10,17-18,20-25,31-34H,8-9,11-16H2,1-7H3. The van der Waals surface area contributed by atoms with Crippen molar-refractivity contribution in [3.8, 4) is 0 Å². The van der Waals surface area contributed by atoms with E-state index in [0.717, 1.165) is 51.4 Å². The molecule has 194 valence electrons. The molecular weight excluding hydrogens is 424 g/mol. The van der Waals surface area contributed by atoms with Gasteiger partial charge in [-0.2, -0.15) is 0 Å². The molecule has 5 aliphatic carbocycles. The molecule has 4 fully saturated rings. The normalized spacial score (nSPS) is 54.7. The smallest absolute Gasteiger partial charge is 0.0644 e. The van der Waals surface area contributed by atoms with Gasteiger partial charge in [0.05, 0.1) is 23.9 Å².